The molecule has 64 heavy (non-hydrogen) atoms. The molecule has 2 aromatic carbocycles. The van der Waals surface area contributed by atoms with E-state index in [0.717, 1.165) is 9.80 Å². The van der Waals surface area contributed by atoms with E-state index in [0.29, 0.717) is 17.5 Å². The highest BCUT2D eigenvalue weighted by atomic mass is 32.3. The van der Waals surface area contributed by atoms with E-state index in [1.54, 1.807) is 88.4 Å². The van der Waals surface area contributed by atoms with Gasteiger partial charge in [-0.2, -0.15) is 8.42 Å². The average molecular weight is 917 g/mol. The summed E-state index contributed by atoms with van der Waals surface area (Å²) >= 11 is 0. The maximum Gasteiger partial charge on any atom is 0.397 e. The van der Waals surface area contributed by atoms with Crippen molar-refractivity contribution in [1.82, 2.24) is 31.1 Å². The smallest absolute Gasteiger partial charge is 0.397 e. The second kappa shape index (κ2) is 22.9. The van der Waals surface area contributed by atoms with Crippen LogP contribution in [0.4, 0.5) is 0 Å². The number of ether oxygens (including phenoxy) is 1. The first-order chi connectivity index (χ1) is 30.1. The van der Waals surface area contributed by atoms with Crippen molar-refractivity contribution in [3.8, 4) is 0 Å². The minimum atomic E-state index is -5.10. The molecule has 20 nitrogen and oxygen atoms in total. The van der Waals surface area contributed by atoms with Gasteiger partial charge in [0.1, 0.15) is 55.2 Å². The number of nitrogens with one attached hydrogen (secondary N) is 4. The summed E-state index contributed by atoms with van der Waals surface area (Å²) in [5, 5.41) is 32.0. The first-order valence-electron chi connectivity index (χ1n) is 21.2. The Balaban J connectivity index is 1.87. The van der Waals surface area contributed by atoms with Crippen molar-refractivity contribution in [1.29, 1.82) is 0 Å². The average Bonchev–Trinajstić information content (AvgIpc) is 3.24. The lowest BCUT2D eigenvalue weighted by Gasteiger charge is -2.43. The number of carbonyl (C=O) groups is 7. The number of nitrogens with zero attached hydrogens (tertiary/aromatic N) is 2. The van der Waals surface area contributed by atoms with Crippen LogP contribution in [-0.4, -0.2) is 143 Å². The maximum absolute atomic E-state index is 15.0. The number of amides is 6. The number of likely N-dealkylation sites (N-methyl/N-ethyl adjacent to an activating group) is 1. The third kappa shape index (κ3) is 14.0. The lowest BCUT2D eigenvalue weighted by molar-refractivity contribution is -0.165. The first-order valence-corrected chi connectivity index (χ1v) is 22.5. The van der Waals surface area contributed by atoms with Gasteiger partial charge in [0.05, 0.1) is 0 Å². The monoisotopic (exact) mass is 916 g/mol. The van der Waals surface area contributed by atoms with E-state index >= 15 is 0 Å². The molecule has 0 unspecified atom stereocenters. The van der Waals surface area contributed by atoms with Gasteiger partial charge in [-0.05, 0) is 49.1 Å². The van der Waals surface area contributed by atoms with Gasteiger partial charge in [-0.1, -0.05) is 94.8 Å². The molecule has 0 aromatic heterocycles. The largest absolute Gasteiger partial charge is 0.458 e. The predicted molar refractivity (Wildman–Crippen MR) is 228 cm³/mol. The second-order valence-corrected chi connectivity index (χ2v) is 17.7. The molecule has 7 N–H and O–H groups in total. The fraction of sp³-hybridized carbons (Fsp3) is 0.558. The van der Waals surface area contributed by atoms with Gasteiger partial charge in [0.2, 0.25) is 29.5 Å². The second-order valence-electron chi connectivity index (χ2n) is 16.6. The third-order valence-corrected chi connectivity index (χ3v) is 11.8. The molecule has 0 saturated carbocycles. The highest BCUT2D eigenvalue weighted by Crippen LogP contribution is 2.25. The summed E-state index contributed by atoms with van der Waals surface area (Å²) in [6.45, 7) is 6.85. The molecule has 0 spiro atoms. The van der Waals surface area contributed by atoms with Crippen LogP contribution >= 0.6 is 0 Å². The Kier molecular flexibility index (Phi) is 18.3. The molecular formula is C43H60N6O14S. The van der Waals surface area contributed by atoms with E-state index in [1.807, 2.05) is 0 Å². The standard InChI is InChI=1S/C43H60N6O14S/c1-7-25(4)35-43(58)63-26(5)36(47-39(54)33(50)23-62-64(59,60)61)40(55)45-30(20-24(2)3)37(52)44-29-18-19-34(51)49(41(29)56)32(22-28-16-12-9-13-17-28)42(57)48(6)31(38(53)46-35)21-27-14-10-8-11-15-27/h8-17,24-26,29-36,50-51H,7,18-23H2,1-6H3,(H,44,52)(H,45,55)(H,46,53)(H,47,54)(H,59,60,61)/t25-,26+,29-,30-,31-,32-,33+,34+,35-,36-/m0/s1. The fourth-order valence-electron chi connectivity index (χ4n) is 7.53. The topological polar surface area (TPSA) is 287 Å². The van der Waals surface area contributed by atoms with E-state index in [1.165, 1.54) is 14.0 Å². The van der Waals surface area contributed by atoms with Gasteiger partial charge in [0.25, 0.3) is 5.91 Å². The Bertz CT molecular complexity index is 2080. The summed E-state index contributed by atoms with van der Waals surface area (Å²) < 4.78 is 41.1. The molecule has 4 rings (SSSR count). The number of cyclic esters (lactones) is 1. The molecule has 0 radical (unpaired) electrons. The Morgan fingerprint density at radius 1 is 0.859 bits per heavy atom. The molecular weight excluding hydrogens is 857 g/mol. The molecule has 2 aliphatic rings. The van der Waals surface area contributed by atoms with E-state index in [4.69, 9.17) is 9.29 Å². The van der Waals surface area contributed by atoms with Crippen LogP contribution in [0.1, 0.15) is 71.4 Å². The number of aliphatic hydroxyl groups excluding tert-OH is 2. The number of aliphatic hydroxyl groups is 2. The van der Waals surface area contributed by atoms with Gasteiger partial charge in [0, 0.05) is 19.9 Å². The van der Waals surface area contributed by atoms with E-state index in [2.05, 4.69) is 25.5 Å². The molecule has 6 amide bonds. The number of benzene rings is 2. The van der Waals surface area contributed by atoms with Crippen molar-refractivity contribution < 1.29 is 65.7 Å². The summed E-state index contributed by atoms with van der Waals surface area (Å²) in [7, 11) is -3.72. The molecule has 2 saturated heterocycles. The van der Waals surface area contributed by atoms with Crippen LogP contribution in [0.15, 0.2) is 60.7 Å². The summed E-state index contributed by atoms with van der Waals surface area (Å²) in [4.78, 5) is 102. The zero-order valence-corrected chi connectivity index (χ0v) is 37.5. The van der Waals surface area contributed by atoms with Gasteiger partial charge >= 0.3 is 16.4 Å². The first kappa shape index (κ1) is 51.2. The number of hydrogen-bond donors (Lipinski definition) is 7. The number of fused-ring (bicyclic) bond motifs is 2. The van der Waals surface area contributed by atoms with Gasteiger partial charge < -0.3 is 46.0 Å². The zero-order valence-electron chi connectivity index (χ0n) is 36.7. The minimum Gasteiger partial charge on any atom is -0.458 e. The fourth-order valence-corrected chi connectivity index (χ4v) is 7.83. The molecule has 2 bridgehead atoms. The quantitative estimate of drug-likeness (QED) is 0.101. The molecule has 2 aliphatic heterocycles. The number of esters is 1. The van der Waals surface area contributed by atoms with Crippen LogP contribution in [0.5, 0.6) is 0 Å². The van der Waals surface area contributed by atoms with Crippen molar-refractivity contribution in [3.63, 3.8) is 0 Å². The molecule has 21 heteroatoms. The van der Waals surface area contributed by atoms with Crippen molar-refractivity contribution in [3.05, 3.63) is 71.8 Å². The maximum atomic E-state index is 15.0. The van der Waals surface area contributed by atoms with Crippen molar-refractivity contribution >= 4 is 51.8 Å². The highest BCUT2D eigenvalue weighted by molar-refractivity contribution is 7.80. The Hall–Kier alpha value is -5.48. The Labute approximate surface area is 372 Å². The summed E-state index contributed by atoms with van der Waals surface area (Å²) in [6, 6.07) is 8.76. The van der Waals surface area contributed by atoms with E-state index < -0.39 is 119 Å². The number of hydrogen-bond acceptors (Lipinski definition) is 13. The predicted octanol–water partition coefficient (Wildman–Crippen LogP) is -0.235. The normalized spacial score (nSPS) is 26.7. The number of carbonyl (C=O) groups excluding carboxylic acids is 7. The van der Waals surface area contributed by atoms with Crippen molar-refractivity contribution in [2.24, 2.45) is 11.8 Å². The lowest BCUT2D eigenvalue weighted by atomic mass is 9.94. The number of piperidine rings is 1. The SMILES string of the molecule is CC[C@H](C)[C@@H]1NC(=O)[C@H](Cc2ccccc2)N(C)C(=O)[C@H](Cc2ccccc2)N2C(=O)[C@H](CC[C@H]2O)NC(=O)[C@H](CC(C)C)NC(=O)[C@@H](NC(=O)[C@H](O)COS(=O)(=O)O)[C@@H](C)OC1=O. The zero-order chi connectivity index (χ0) is 47.5. The summed E-state index contributed by atoms with van der Waals surface area (Å²) in [5.41, 5.74) is 1.26. The third-order valence-electron chi connectivity index (χ3n) is 11.3. The molecule has 2 heterocycles. The minimum absolute atomic E-state index is 0.0185. The van der Waals surface area contributed by atoms with Crippen LogP contribution in [0.25, 0.3) is 0 Å². The number of rotatable bonds is 13. The van der Waals surface area contributed by atoms with E-state index in [-0.39, 0.29) is 38.0 Å². The molecule has 0 aliphatic carbocycles. The van der Waals surface area contributed by atoms with Crippen LogP contribution in [-0.2, 0) is 65.7 Å². The molecule has 2 fully saturated rings. The van der Waals surface area contributed by atoms with Gasteiger partial charge in [0.15, 0.2) is 6.10 Å². The van der Waals surface area contributed by atoms with Gasteiger partial charge in [-0.15, -0.1) is 0 Å². The highest BCUT2D eigenvalue weighted by Gasteiger charge is 2.46. The molecule has 10 atom stereocenters. The van der Waals surface area contributed by atoms with Crippen LogP contribution < -0.4 is 21.3 Å². The summed E-state index contributed by atoms with van der Waals surface area (Å²) in [6.07, 6.45) is -5.35. The van der Waals surface area contributed by atoms with Crippen LogP contribution in [0.3, 0.4) is 0 Å². The molecule has 352 valence electrons. The van der Waals surface area contributed by atoms with Crippen LogP contribution in [0, 0.1) is 11.8 Å². The van der Waals surface area contributed by atoms with Gasteiger partial charge in [-0.25, -0.2) is 8.98 Å². The Morgan fingerprint density at radius 3 is 1.98 bits per heavy atom. The van der Waals surface area contributed by atoms with Crippen molar-refractivity contribution in [2.45, 2.75) is 128 Å². The lowest BCUT2D eigenvalue weighted by Crippen LogP contribution is -2.65. The Morgan fingerprint density at radius 2 is 1.44 bits per heavy atom. The summed E-state index contributed by atoms with van der Waals surface area (Å²) in [5.74, 6) is -7.60. The van der Waals surface area contributed by atoms with Crippen molar-refractivity contribution in [2.75, 3.05) is 13.7 Å². The van der Waals surface area contributed by atoms with E-state index in [9.17, 15) is 52.2 Å². The van der Waals surface area contributed by atoms with Gasteiger partial charge in [-0.3, -0.25) is 33.3 Å². The van der Waals surface area contributed by atoms with Crippen LogP contribution in [0.2, 0.25) is 0 Å². The molecule has 2 aromatic rings.